The Morgan fingerprint density at radius 1 is 1.13 bits per heavy atom. The molecule has 0 heterocycles. The van der Waals surface area contributed by atoms with Crippen molar-refractivity contribution in [1.29, 1.82) is 0 Å². The van der Waals surface area contributed by atoms with Crippen LogP contribution in [0.5, 0.6) is 0 Å². The van der Waals surface area contributed by atoms with Gasteiger partial charge in [-0.05, 0) is 18.4 Å². The van der Waals surface area contributed by atoms with Gasteiger partial charge in [0.2, 0.25) is 0 Å². The van der Waals surface area contributed by atoms with E-state index in [1.165, 1.54) is 0 Å². The highest BCUT2D eigenvalue weighted by molar-refractivity contribution is 7.86. The van der Waals surface area contributed by atoms with Crippen LogP contribution < -0.4 is 0 Å². The quantitative estimate of drug-likeness (QED) is 0.806. The molecule has 1 aromatic rings. The van der Waals surface area contributed by atoms with Crippen LogP contribution in [0.4, 0.5) is 0 Å². The monoisotopic (exact) mass is 228 g/mol. The van der Waals surface area contributed by atoms with Crippen molar-refractivity contribution >= 4 is 10.1 Å². The molecule has 15 heavy (non-hydrogen) atoms. The third-order valence-corrected chi connectivity index (χ3v) is 4.74. The third kappa shape index (κ3) is 2.06. The molecule has 0 aliphatic rings. The fourth-order valence-electron chi connectivity index (χ4n) is 1.91. The summed E-state index contributed by atoms with van der Waals surface area (Å²) < 4.78 is 31.1. The average molecular weight is 228 g/mol. The minimum absolute atomic E-state index is 0.367. The lowest BCUT2D eigenvalue weighted by Crippen LogP contribution is -2.34. The van der Waals surface area contributed by atoms with Crippen LogP contribution in [0.15, 0.2) is 30.3 Å². The molecule has 0 fully saturated rings. The van der Waals surface area contributed by atoms with Crippen LogP contribution in [0, 0.1) is 0 Å². The van der Waals surface area contributed by atoms with E-state index in [0.717, 1.165) is 0 Å². The van der Waals surface area contributed by atoms with E-state index in [0.29, 0.717) is 18.4 Å². The molecular weight excluding hydrogens is 212 g/mol. The molecular formula is C11H16O3S. The van der Waals surface area contributed by atoms with E-state index in [2.05, 4.69) is 0 Å². The van der Waals surface area contributed by atoms with Crippen molar-refractivity contribution in [3.05, 3.63) is 35.9 Å². The molecule has 0 aliphatic heterocycles. The maximum Gasteiger partial charge on any atom is 0.274 e. The lowest BCUT2D eigenvalue weighted by atomic mass is 9.93. The summed E-state index contributed by atoms with van der Waals surface area (Å²) in [6, 6.07) is 8.85. The van der Waals surface area contributed by atoms with Crippen LogP contribution in [0.1, 0.15) is 32.3 Å². The second kappa shape index (κ2) is 4.33. The van der Waals surface area contributed by atoms with Gasteiger partial charge < -0.3 is 0 Å². The Morgan fingerprint density at radius 3 is 1.93 bits per heavy atom. The molecule has 0 atom stereocenters. The van der Waals surface area contributed by atoms with Crippen molar-refractivity contribution in [2.24, 2.45) is 0 Å². The lowest BCUT2D eigenvalue weighted by molar-refractivity contribution is 0.411. The van der Waals surface area contributed by atoms with E-state index in [4.69, 9.17) is 0 Å². The molecule has 0 unspecified atom stereocenters. The maximum atomic E-state index is 11.5. The van der Waals surface area contributed by atoms with E-state index in [-0.39, 0.29) is 0 Å². The molecule has 0 aromatic heterocycles. The Bertz CT molecular complexity index is 405. The highest BCUT2D eigenvalue weighted by atomic mass is 32.2. The van der Waals surface area contributed by atoms with E-state index in [1.54, 1.807) is 38.1 Å². The fraction of sp³-hybridized carbons (Fsp3) is 0.455. The smallest absolute Gasteiger partial charge is 0.274 e. The molecule has 0 amide bonds. The highest BCUT2D eigenvalue weighted by Gasteiger charge is 2.41. The third-order valence-electron chi connectivity index (χ3n) is 2.94. The van der Waals surface area contributed by atoms with Gasteiger partial charge in [0.15, 0.2) is 0 Å². The predicted molar refractivity (Wildman–Crippen MR) is 60.3 cm³/mol. The summed E-state index contributed by atoms with van der Waals surface area (Å²) >= 11 is 0. The summed E-state index contributed by atoms with van der Waals surface area (Å²) in [6.45, 7) is 3.54. The zero-order valence-electron chi connectivity index (χ0n) is 8.97. The summed E-state index contributed by atoms with van der Waals surface area (Å²) in [4.78, 5) is 0. The Hall–Kier alpha value is -0.870. The minimum atomic E-state index is -4.08. The fourth-order valence-corrected chi connectivity index (χ4v) is 3.08. The predicted octanol–water partition coefficient (Wildman–Crippen LogP) is 2.59. The first-order valence-electron chi connectivity index (χ1n) is 5.00. The van der Waals surface area contributed by atoms with Crippen LogP contribution in [-0.4, -0.2) is 13.0 Å². The summed E-state index contributed by atoms with van der Waals surface area (Å²) in [7, 11) is -4.08. The van der Waals surface area contributed by atoms with Crippen LogP contribution in [-0.2, 0) is 14.9 Å². The molecule has 84 valence electrons. The standard InChI is InChI=1S/C11H16O3S/c1-3-11(4-2,15(12,13)14)10-8-6-5-7-9-10/h5-9H,3-4H2,1-2H3,(H,12,13,14). The van der Waals surface area contributed by atoms with Gasteiger partial charge in [-0.3, -0.25) is 4.55 Å². The molecule has 0 radical (unpaired) electrons. The first-order valence-corrected chi connectivity index (χ1v) is 6.44. The average Bonchev–Trinajstić information content (AvgIpc) is 2.20. The molecule has 4 heteroatoms. The van der Waals surface area contributed by atoms with Gasteiger partial charge in [-0.2, -0.15) is 8.42 Å². The first-order chi connectivity index (χ1) is 6.98. The molecule has 0 aliphatic carbocycles. The zero-order valence-corrected chi connectivity index (χ0v) is 9.79. The lowest BCUT2D eigenvalue weighted by Gasteiger charge is -2.28. The van der Waals surface area contributed by atoms with Crippen molar-refractivity contribution in [3.63, 3.8) is 0 Å². The van der Waals surface area contributed by atoms with E-state index < -0.39 is 14.9 Å². The van der Waals surface area contributed by atoms with Crippen molar-refractivity contribution in [1.82, 2.24) is 0 Å². The van der Waals surface area contributed by atoms with Gasteiger partial charge in [-0.15, -0.1) is 0 Å². The van der Waals surface area contributed by atoms with Crippen molar-refractivity contribution < 1.29 is 13.0 Å². The van der Waals surface area contributed by atoms with Gasteiger partial charge in [0.25, 0.3) is 10.1 Å². The van der Waals surface area contributed by atoms with Gasteiger partial charge >= 0.3 is 0 Å². The molecule has 3 nitrogen and oxygen atoms in total. The SMILES string of the molecule is CCC(CC)(c1ccccc1)S(=O)(=O)O. The van der Waals surface area contributed by atoms with E-state index in [9.17, 15) is 13.0 Å². The molecule has 1 N–H and O–H groups in total. The van der Waals surface area contributed by atoms with Gasteiger partial charge in [-0.1, -0.05) is 44.2 Å². The summed E-state index contributed by atoms with van der Waals surface area (Å²) in [6.07, 6.45) is 0.735. The number of benzene rings is 1. The summed E-state index contributed by atoms with van der Waals surface area (Å²) in [5, 5.41) is 0. The maximum absolute atomic E-state index is 11.5. The van der Waals surface area contributed by atoms with Gasteiger partial charge in [-0.25, -0.2) is 0 Å². The zero-order chi connectivity index (χ0) is 11.5. The van der Waals surface area contributed by atoms with Crippen LogP contribution in [0.2, 0.25) is 0 Å². The Morgan fingerprint density at radius 2 is 1.60 bits per heavy atom. The molecule has 1 rings (SSSR count). The second-order valence-electron chi connectivity index (χ2n) is 3.54. The van der Waals surface area contributed by atoms with Crippen LogP contribution >= 0.6 is 0 Å². The molecule has 0 bridgehead atoms. The van der Waals surface area contributed by atoms with E-state index in [1.807, 2.05) is 6.07 Å². The second-order valence-corrected chi connectivity index (χ2v) is 5.27. The van der Waals surface area contributed by atoms with E-state index >= 15 is 0 Å². The number of hydrogen-bond acceptors (Lipinski definition) is 2. The number of rotatable bonds is 4. The molecule has 0 saturated heterocycles. The van der Waals surface area contributed by atoms with Crippen molar-refractivity contribution in [2.45, 2.75) is 31.4 Å². The summed E-state index contributed by atoms with van der Waals surface area (Å²) in [5.74, 6) is 0. The Balaban J connectivity index is 3.37. The van der Waals surface area contributed by atoms with Crippen molar-refractivity contribution in [3.8, 4) is 0 Å². The number of hydrogen-bond donors (Lipinski definition) is 1. The molecule has 0 saturated carbocycles. The first kappa shape index (κ1) is 12.2. The van der Waals surface area contributed by atoms with Gasteiger partial charge in [0, 0.05) is 0 Å². The van der Waals surface area contributed by atoms with Crippen LogP contribution in [0.25, 0.3) is 0 Å². The van der Waals surface area contributed by atoms with Gasteiger partial charge in [0.1, 0.15) is 4.75 Å². The van der Waals surface area contributed by atoms with Crippen LogP contribution in [0.3, 0.4) is 0 Å². The highest BCUT2D eigenvalue weighted by Crippen LogP contribution is 2.36. The Labute approximate surface area is 90.9 Å². The van der Waals surface area contributed by atoms with Gasteiger partial charge in [0.05, 0.1) is 0 Å². The largest absolute Gasteiger partial charge is 0.285 e. The molecule has 0 spiro atoms. The molecule has 1 aromatic carbocycles. The topological polar surface area (TPSA) is 54.4 Å². The summed E-state index contributed by atoms with van der Waals surface area (Å²) in [5.41, 5.74) is 0.650. The Kier molecular flexibility index (Phi) is 3.52. The normalized spacial score (nSPS) is 12.7. The van der Waals surface area contributed by atoms with Crippen molar-refractivity contribution in [2.75, 3.05) is 0 Å². The minimum Gasteiger partial charge on any atom is -0.285 e.